The van der Waals surface area contributed by atoms with Gasteiger partial charge in [-0.1, -0.05) is 24.3 Å². The van der Waals surface area contributed by atoms with Gasteiger partial charge in [0.15, 0.2) is 23.0 Å². The molecule has 8 nitrogen and oxygen atoms in total. The first-order chi connectivity index (χ1) is 18.1. The van der Waals surface area contributed by atoms with Crippen molar-refractivity contribution in [2.75, 3.05) is 34.0 Å². The fourth-order valence-corrected chi connectivity index (χ4v) is 4.18. The van der Waals surface area contributed by atoms with E-state index in [1.54, 1.807) is 32.4 Å². The zero-order chi connectivity index (χ0) is 26.0. The van der Waals surface area contributed by atoms with Gasteiger partial charge in [0.1, 0.15) is 12.4 Å². The number of hydrogen-bond donors (Lipinski definition) is 1. The molecule has 37 heavy (non-hydrogen) atoms. The van der Waals surface area contributed by atoms with Crippen LogP contribution in [0.2, 0.25) is 0 Å². The number of benzene rings is 3. The maximum atomic E-state index is 12.6. The highest BCUT2D eigenvalue weighted by molar-refractivity contribution is 5.94. The normalized spacial score (nSPS) is 10.8. The molecule has 0 saturated carbocycles. The molecular formula is C29H33N3O5. The Morgan fingerprint density at radius 2 is 1.62 bits per heavy atom. The van der Waals surface area contributed by atoms with Gasteiger partial charge >= 0.3 is 0 Å². The van der Waals surface area contributed by atoms with Gasteiger partial charge in [-0.2, -0.15) is 0 Å². The average molecular weight is 504 g/mol. The second-order valence-electron chi connectivity index (χ2n) is 8.33. The van der Waals surface area contributed by atoms with E-state index in [-0.39, 0.29) is 5.91 Å². The monoisotopic (exact) mass is 503 g/mol. The quantitative estimate of drug-likeness (QED) is 0.262. The molecule has 4 aromatic rings. The number of aryl methyl sites for hydroxylation is 1. The minimum atomic E-state index is -0.157. The summed E-state index contributed by atoms with van der Waals surface area (Å²) >= 11 is 0. The summed E-state index contributed by atoms with van der Waals surface area (Å²) in [6, 6.07) is 20.9. The molecule has 0 radical (unpaired) electrons. The van der Waals surface area contributed by atoms with E-state index in [1.807, 2.05) is 49.4 Å². The van der Waals surface area contributed by atoms with Crippen LogP contribution in [0.5, 0.6) is 23.0 Å². The van der Waals surface area contributed by atoms with Crippen molar-refractivity contribution in [2.45, 2.75) is 26.3 Å². The number of nitrogens with zero attached hydrogens (tertiary/aromatic N) is 2. The molecule has 0 aliphatic carbocycles. The average Bonchev–Trinajstić information content (AvgIpc) is 3.28. The van der Waals surface area contributed by atoms with E-state index in [0.29, 0.717) is 43.4 Å². The molecule has 0 spiro atoms. The fourth-order valence-electron chi connectivity index (χ4n) is 4.18. The van der Waals surface area contributed by atoms with Gasteiger partial charge in [0.2, 0.25) is 0 Å². The molecule has 0 aliphatic rings. The molecule has 1 heterocycles. The van der Waals surface area contributed by atoms with E-state index in [9.17, 15) is 4.79 Å². The lowest BCUT2D eigenvalue weighted by molar-refractivity contribution is 0.0952. The Labute approximate surface area is 217 Å². The van der Waals surface area contributed by atoms with Gasteiger partial charge in [0.25, 0.3) is 5.91 Å². The standard InChI is InChI=1S/C29H33N3O5/c1-4-36-25-12-7-8-13-26(25)37-19-18-32-23-11-6-5-10-22(23)31-28(32)14-9-17-30-29(33)21-15-16-24(34-2)27(20-21)35-3/h5-8,10-13,15-16,20H,4,9,14,17-19H2,1-3H3,(H,30,33). The molecule has 194 valence electrons. The fraction of sp³-hybridized carbons (Fsp3) is 0.310. The molecule has 1 amide bonds. The van der Waals surface area contributed by atoms with Crippen molar-refractivity contribution in [1.82, 2.24) is 14.9 Å². The summed E-state index contributed by atoms with van der Waals surface area (Å²) in [5, 5.41) is 2.98. The summed E-state index contributed by atoms with van der Waals surface area (Å²) in [6.07, 6.45) is 1.47. The predicted octanol–water partition coefficient (Wildman–Crippen LogP) is 4.89. The van der Waals surface area contributed by atoms with Crippen molar-refractivity contribution in [1.29, 1.82) is 0 Å². The smallest absolute Gasteiger partial charge is 0.251 e. The van der Waals surface area contributed by atoms with Crippen molar-refractivity contribution in [3.8, 4) is 23.0 Å². The number of carbonyl (C=O) groups is 1. The molecule has 0 bridgehead atoms. The highest BCUT2D eigenvalue weighted by atomic mass is 16.5. The van der Waals surface area contributed by atoms with Crippen molar-refractivity contribution >= 4 is 16.9 Å². The molecule has 1 N–H and O–H groups in total. The van der Waals surface area contributed by atoms with Crippen LogP contribution < -0.4 is 24.3 Å². The van der Waals surface area contributed by atoms with Crippen LogP contribution in [0.3, 0.4) is 0 Å². The third-order valence-electron chi connectivity index (χ3n) is 5.96. The molecule has 1 aromatic heterocycles. The summed E-state index contributed by atoms with van der Waals surface area (Å²) < 4.78 is 24.5. The molecule has 8 heteroatoms. The van der Waals surface area contributed by atoms with E-state index in [2.05, 4.69) is 16.0 Å². The number of carbonyl (C=O) groups excluding carboxylic acids is 1. The number of rotatable bonds is 13. The van der Waals surface area contributed by atoms with Crippen molar-refractivity contribution in [2.24, 2.45) is 0 Å². The highest BCUT2D eigenvalue weighted by Gasteiger charge is 2.13. The molecule has 3 aromatic carbocycles. The Bertz CT molecular complexity index is 1330. The lowest BCUT2D eigenvalue weighted by atomic mass is 10.2. The van der Waals surface area contributed by atoms with Crippen LogP contribution in [0.1, 0.15) is 29.5 Å². The number of ether oxygens (including phenoxy) is 4. The second kappa shape index (κ2) is 12.7. The van der Waals surface area contributed by atoms with E-state index >= 15 is 0 Å². The summed E-state index contributed by atoms with van der Waals surface area (Å²) in [7, 11) is 3.12. The second-order valence-corrected chi connectivity index (χ2v) is 8.33. The first-order valence-corrected chi connectivity index (χ1v) is 12.4. The van der Waals surface area contributed by atoms with E-state index in [4.69, 9.17) is 23.9 Å². The third kappa shape index (κ3) is 6.33. The maximum absolute atomic E-state index is 12.6. The van der Waals surface area contributed by atoms with Crippen molar-refractivity contribution < 1.29 is 23.7 Å². The Kier molecular flexibility index (Phi) is 8.86. The van der Waals surface area contributed by atoms with Gasteiger partial charge in [-0.25, -0.2) is 4.98 Å². The van der Waals surface area contributed by atoms with E-state index in [1.165, 1.54) is 0 Å². The minimum Gasteiger partial charge on any atom is -0.493 e. The maximum Gasteiger partial charge on any atom is 0.251 e. The number of para-hydroxylation sites is 4. The van der Waals surface area contributed by atoms with Gasteiger partial charge < -0.3 is 28.8 Å². The van der Waals surface area contributed by atoms with Crippen LogP contribution in [-0.2, 0) is 13.0 Å². The Balaban J connectivity index is 1.37. The van der Waals surface area contributed by atoms with Crippen LogP contribution in [0.4, 0.5) is 0 Å². The third-order valence-corrected chi connectivity index (χ3v) is 5.96. The van der Waals surface area contributed by atoms with E-state index in [0.717, 1.165) is 41.2 Å². The zero-order valence-electron chi connectivity index (χ0n) is 21.5. The highest BCUT2D eigenvalue weighted by Crippen LogP contribution is 2.28. The lowest BCUT2D eigenvalue weighted by Crippen LogP contribution is -2.25. The number of fused-ring (bicyclic) bond motifs is 1. The van der Waals surface area contributed by atoms with Gasteiger partial charge in [-0.15, -0.1) is 0 Å². The van der Waals surface area contributed by atoms with Crippen molar-refractivity contribution in [3.63, 3.8) is 0 Å². The van der Waals surface area contributed by atoms with Crippen LogP contribution >= 0.6 is 0 Å². The first-order valence-electron chi connectivity index (χ1n) is 12.4. The van der Waals surface area contributed by atoms with Gasteiger partial charge in [0, 0.05) is 18.5 Å². The molecule has 0 unspecified atom stereocenters. The molecule has 4 rings (SSSR count). The van der Waals surface area contributed by atoms with Gasteiger partial charge in [0.05, 0.1) is 38.4 Å². The molecule has 0 saturated heterocycles. The molecule has 0 atom stereocenters. The number of aromatic nitrogens is 2. The SMILES string of the molecule is CCOc1ccccc1OCCn1c(CCCNC(=O)c2ccc(OC)c(OC)c2)nc2ccccc21. The minimum absolute atomic E-state index is 0.157. The Morgan fingerprint density at radius 1 is 0.892 bits per heavy atom. The topological polar surface area (TPSA) is 83.8 Å². The van der Waals surface area contributed by atoms with Crippen LogP contribution in [0.15, 0.2) is 66.7 Å². The lowest BCUT2D eigenvalue weighted by Gasteiger charge is -2.14. The van der Waals surface area contributed by atoms with Gasteiger partial charge in [-0.05, 0) is 55.8 Å². The number of amides is 1. The summed E-state index contributed by atoms with van der Waals surface area (Å²) in [5.74, 6) is 3.39. The van der Waals surface area contributed by atoms with Crippen LogP contribution in [0.25, 0.3) is 11.0 Å². The number of hydrogen-bond acceptors (Lipinski definition) is 6. The van der Waals surface area contributed by atoms with Gasteiger partial charge in [-0.3, -0.25) is 4.79 Å². The Morgan fingerprint density at radius 3 is 2.38 bits per heavy atom. The number of methoxy groups -OCH3 is 2. The predicted molar refractivity (Wildman–Crippen MR) is 143 cm³/mol. The van der Waals surface area contributed by atoms with Crippen molar-refractivity contribution in [3.05, 3.63) is 78.1 Å². The largest absolute Gasteiger partial charge is 0.493 e. The molecular weight excluding hydrogens is 470 g/mol. The molecule has 0 aliphatic heterocycles. The first kappa shape index (κ1) is 25.9. The van der Waals surface area contributed by atoms with E-state index < -0.39 is 0 Å². The summed E-state index contributed by atoms with van der Waals surface area (Å²) in [5.41, 5.74) is 2.53. The zero-order valence-corrected chi connectivity index (χ0v) is 21.5. The van der Waals surface area contributed by atoms with Crippen LogP contribution in [-0.4, -0.2) is 49.4 Å². The Hall–Kier alpha value is -4.20. The number of nitrogens with one attached hydrogen (secondary N) is 1. The van der Waals surface area contributed by atoms with Crippen LogP contribution in [0, 0.1) is 0 Å². The summed E-state index contributed by atoms with van der Waals surface area (Å²) in [6.45, 7) is 4.19. The molecule has 0 fully saturated rings. The number of imidazole rings is 1. The summed E-state index contributed by atoms with van der Waals surface area (Å²) in [4.78, 5) is 17.5.